The van der Waals surface area contributed by atoms with Gasteiger partial charge in [0.2, 0.25) is 0 Å². The molecular formula is C17H16N2OS3. The van der Waals surface area contributed by atoms with Crippen LogP contribution >= 0.6 is 35.7 Å². The molecule has 0 bridgehead atoms. The highest BCUT2D eigenvalue weighted by molar-refractivity contribution is 8.26. The Balaban J connectivity index is 1.85. The molecule has 3 rings (SSSR count). The van der Waals surface area contributed by atoms with E-state index in [0.717, 1.165) is 11.6 Å². The van der Waals surface area contributed by atoms with E-state index >= 15 is 0 Å². The largest absolute Gasteiger partial charge is 0.335 e. The molecule has 23 heavy (non-hydrogen) atoms. The molecule has 1 saturated heterocycles. The average Bonchev–Trinajstić information content (AvgIpc) is 3.04. The second-order valence-corrected chi connectivity index (χ2v) is 7.66. The van der Waals surface area contributed by atoms with Crippen molar-refractivity contribution in [2.45, 2.75) is 11.8 Å². The molecule has 0 aromatic heterocycles. The molecule has 2 heterocycles. The summed E-state index contributed by atoms with van der Waals surface area (Å²) in [5.41, 5.74) is 1.22. The van der Waals surface area contributed by atoms with E-state index in [2.05, 4.69) is 30.5 Å². The van der Waals surface area contributed by atoms with Gasteiger partial charge in [0.25, 0.3) is 5.91 Å². The zero-order valence-corrected chi connectivity index (χ0v) is 15.1. The van der Waals surface area contributed by atoms with Crippen LogP contribution in [0.1, 0.15) is 6.92 Å². The number of nitrogens with zero attached hydrogens (tertiary/aromatic N) is 2. The van der Waals surface area contributed by atoms with E-state index in [4.69, 9.17) is 12.2 Å². The van der Waals surface area contributed by atoms with Crippen molar-refractivity contribution in [1.82, 2.24) is 4.90 Å². The quantitative estimate of drug-likeness (QED) is 0.450. The third kappa shape index (κ3) is 3.11. The lowest BCUT2D eigenvalue weighted by Gasteiger charge is -2.17. The van der Waals surface area contributed by atoms with Crippen LogP contribution in [-0.4, -0.2) is 28.2 Å². The van der Waals surface area contributed by atoms with E-state index in [1.807, 2.05) is 24.3 Å². The number of hydrogen-bond acceptors (Lipinski definition) is 5. The standard InChI is InChI=1S/C17H16N2OS3/c1-3-11-19-16(20)14(23-17(19)21)9-10-15-18(4-2)12-7-5-6-8-13(12)22-15/h3,5-10H,1,4,11H2,2H3/b14-9-,15-10-. The number of thiocarbonyl (C=S) groups is 1. The SMILES string of the molecule is C=CCN1C(=O)/C(=C/C=C2\Sc3ccccc3N2CC)SC1=S. The summed E-state index contributed by atoms with van der Waals surface area (Å²) in [7, 11) is 0. The second kappa shape index (κ2) is 6.95. The zero-order valence-electron chi connectivity index (χ0n) is 12.7. The predicted molar refractivity (Wildman–Crippen MR) is 104 cm³/mol. The van der Waals surface area contributed by atoms with Crippen molar-refractivity contribution in [3.05, 3.63) is 59.0 Å². The molecule has 0 saturated carbocycles. The van der Waals surface area contributed by atoms with Crippen LogP contribution in [-0.2, 0) is 4.79 Å². The Kier molecular flexibility index (Phi) is 4.94. The number of allylic oxidation sites excluding steroid dienone is 2. The topological polar surface area (TPSA) is 23.6 Å². The molecule has 118 valence electrons. The first kappa shape index (κ1) is 16.4. The number of hydrogen-bond donors (Lipinski definition) is 0. The first-order valence-corrected chi connectivity index (χ1v) is 9.30. The minimum atomic E-state index is -0.0414. The van der Waals surface area contributed by atoms with Gasteiger partial charge in [-0.25, -0.2) is 0 Å². The summed E-state index contributed by atoms with van der Waals surface area (Å²) in [6, 6.07) is 8.33. The van der Waals surface area contributed by atoms with Crippen LogP contribution in [0, 0.1) is 0 Å². The Labute approximate surface area is 150 Å². The minimum absolute atomic E-state index is 0.0414. The van der Waals surface area contributed by atoms with E-state index in [-0.39, 0.29) is 5.91 Å². The van der Waals surface area contributed by atoms with Gasteiger partial charge in [-0.05, 0) is 31.2 Å². The fraction of sp³-hybridized carbons (Fsp3) is 0.176. The van der Waals surface area contributed by atoms with E-state index in [1.54, 1.807) is 22.7 Å². The molecule has 1 aromatic rings. The third-order valence-corrected chi connectivity index (χ3v) is 6.04. The Morgan fingerprint density at radius 2 is 2.00 bits per heavy atom. The maximum absolute atomic E-state index is 12.3. The number of anilines is 1. The van der Waals surface area contributed by atoms with Crippen molar-refractivity contribution < 1.29 is 4.79 Å². The number of para-hydroxylation sites is 1. The van der Waals surface area contributed by atoms with Gasteiger partial charge in [0, 0.05) is 18.0 Å². The smallest absolute Gasteiger partial charge is 0.266 e. The summed E-state index contributed by atoms with van der Waals surface area (Å²) in [4.78, 5) is 18.1. The van der Waals surface area contributed by atoms with Crippen LogP contribution in [0.2, 0.25) is 0 Å². The van der Waals surface area contributed by atoms with Crippen molar-refractivity contribution in [1.29, 1.82) is 0 Å². The summed E-state index contributed by atoms with van der Waals surface area (Å²) >= 11 is 8.33. The molecule has 0 radical (unpaired) electrons. The van der Waals surface area contributed by atoms with Crippen LogP contribution in [0.15, 0.2) is 63.9 Å². The molecule has 1 amide bonds. The zero-order chi connectivity index (χ0) is 16.4. The summed E-state index contributed by atoms with van der Waals surface area (Å²) in [6.45, 7) is 7.14. The number of carbonyl (C=O) groups excluding carboxylic acids is 1. The molecule has 1 aromatic carbocycles. The van der Waals surface area contributed by atoms with Gasteiger partial charge in [0.1, 0.15) is 4.32 Å². The molecule has 0 atom stereocenters. The predicted octanol–water partition coefficient (Wildman–Crippen LogP) is 4.39. The van der Waals surface area contributed by atoms with Gasteiger partial charge in [-0.1, -0.05) is 54.0 Å². The van der Waals surface area contributed by atoms with E-state index in [0.29, 0.717) is 15.8 Å². The van der Waals surface area contributed by atoms with Gasteiger partial charge in [0.05, 0.1) is 15.6 Å². The van der Waals surface area contributed by atoms with Crippen molar-refractivity contribution in [3.63, 3.8) is 0 Å². The monoisotopic (exact) mass is 360 g/mol. The van der Waals surface area contributed by atoms with Crippen molar-refractivity contribution in [2.24, 2.45) is 0 Å². The van der Waals surface area contributed by atoms with Gasteiger partial charge in [0.15, 0.2) is 0 Å². The molecule has 0 N–H and O–H groups in total. The lowest BCUT2D eigenvalue weighted by molar-refractivity contribution is -0.121. The number of thioether (sulfide) groups is 2. The highest BCUT2D eigenvalue weighted by Crippen LogP contribution is 2.45. The van der Waals surface area contributed by atoms with Crippen LogP contribution in [0.5, 0.6) is 0 Å². The first-order valence-electron chi connectivity index (χ1n) is 7.26. The van der Waals surface area contributed by atoms with Gasteiger partial charge >= 0.3 is 0 Å². The Morgan fingerprint density at radius 3 is 2.74 bits per heavy atom. The molecule has 2 aliphatic rings. The Bertz CT molecular complexity index is 739. The van der Waals surface area contributed by atoms with Crippen molar-refractivity contribution in [3.8, 4) is 0 Å². The number of amides is 1. The minimum Gasteiger partial charge on any atom is -0.335 e. The molecule has 2 aliphatic heterocycles. The molecule has 6 heteroatoms. The Hall–Kier alpha value is -1.50. The van der Waals surface area contributed by atoms with E-state index < -0.39 is 0 Å². The normalized spacial score (nSPS) is 20.7. The molecular weight excluding hydrogens is 344 g/mol. The van der Waals surface area contributed by atoms with Crippen molar-refractivity contribution in [2.75, 3.05) is 18.0 Å². The third-order valence-electron chi connectivity index (χ3n) is 3.52. The molecule has 3 nitrogen and oxygen atoms in total. The van der Waals surface area contributed by atoms with Crippen LogP contribution in [0.25, 0.3) is 0 Å². The highest BCUT2D eigenvalue weighted by atomic mass is 32.2. The number of rotatable bonds is 4. The number of fused-ring (bicyclic) bond motifs is 1. The van der Waals surface area contributed by atoms with E-state index in [9.17, 15) is 4.79 Å². The number of carbonyl (C=O) groups is 1. The lowest BCUT2D eigenvalue weighted by Crippen LogP contribution is -2.27. The van der Waals surface area contributed by atoms with Crippen LogP contribution < -0.4 is 4.90 Å². The lowest BCUT2D eigenvalue weighted by atomic mass is 10.3. The maximum Gasteiger partial charge on any atom is 0.266 e. The number of benzene rings is 1. The fourth-order valence-corrected chi connectivity index (χ4v) is 4.80. The molecule has 1 fully saturated rings. The summed E-state index contributed by atoms with van der Waals surface area (Å²) in [5, 5.41) is 1.13. The maximum atomic E-state index is 12.3. The molecule has 0 spiro atoms. The van der Waals surface area contributed by atoms with Crippen LogP contribution in [0.4, 0.5) is 5.69 Å². The van der Waals surface area contributed by atoms with Gasteiger partial charge in [-0.3, -0.25) is 9.69 Å². The fourth-order valence-electron chi connectivity index (χ4n) is 2.45. The molecule has 0 unspecified atom stereocenters. The average molecular weight is 361 g/mol. The van der Waals surface area contributed by atoms with Crippen LogP contribution in [0.3, 0.4) is 0 Å². The first-order chi connectivity index (χ1) is 11.2. The highest BCUT2D eigenvalue weighted by Gasteiger charge is 2.31. The molecule has 0 aliphatic carbocycles. The van der Waals surface area contributed by atoms with E-state index in [1.165, 1.54) is 22.3 Å². The summed E-state index contributed by atoms with van der Waals surface area (Å²) in [5.74, 6) is -0.0414. The Morgan fingerprint density at radius 1 is 1.22 bits per heavy atom. The second-order valence-electron chi connectivity index (χ2n) is 4.92. The van der Waals surface area contributed by atoms with Gasteiger partial charge in [-0.15, -0.1) is 6.58 Å². The van der Waals surface area contributed by atoms with Crippen molar-refractivity contribution >= 4 is 51.7 Å². The summed E-state index contributed by atoms with van der Waals surface area (Å²) < 4.78 is 0.592. The summed E-state index contributed by atoms with van der Waals surface area (Å²) in [6.07, 6.45) is 5.57. The van der Waals surface area contributed by atoms with Gasteiger partial charge in [-0.2, -0.15) is 0 Å². The van der Waals surface area contributed by atoms with Gasteiger partial charge < -0.3 is 4.90 Å².